The summed E-state index contributed by atoms with van der Waals surface area (Å²) in [5.74, 6) is 0. The molecule has 98 valence electrons. The first-order valence-electron chi connectivity index (χ1n) is 5.80. The minimum atomic E-state index is -3.75. The Morgan fingerprint density at radius 1 is 1.05 bits per heavy atom. The molecule has 0 bridgehead atoms. The van der Waals surface area contributed by atoms with E-state index in [0.29, 0.717) is 11.4 Å². The first-order chi connectivity index (χ1) is 8.99. The van der Waals surface area contributed by atoms with Crippen LogP contribution >= 0.6 is 0 Å². The van der Waals surface area contributed by atoms with Crippen molar-refractivity contribution in [2.75, 3.05) is 0 Å². The monoisotopic (exact) mass is 274 g/mol. The molecule has 0 atom stereocenters. The van der Waals surface area contributed by atoms with E-state index < -0.39 is 10.0 Å². The molecule has 5 heteroatoms. The molecule has 2 rings (SSSR count). The zero-order valence-corrected chi connectivity index (χ0v) is 11.6. The Hall–Kier alpha value is -2.01. The van der Waals surface area contributed by atoms with E-state index in [2.05, 4.69) is 9.38 Å². The quantitative estimate of drug-likeness (QED) is 0.808. The number of nitrogens with zero attached hydrogens (tertiary/aromatic N) is 2. The van der Waals surface area contributed by atoms with Gasteiger partial charge < -0.3 is 0 Å². The molecule has 0 saturated carbocycles. The molecule has 0 radical (unpaired) electrons. The van der Waals surface area contributed by atoms with E-state index in [4.69, 9.17) is 0 Å². The van der Waals surface area contributed by atoms with Crippen LogP contribution < -0.4 is 0 Å². The maximum Gasteiger partial charge on any atom is 0.300 e. The van der Waals surface area contributed by atoms with E-state index in [0.717, 1.165) is 5.56 Å². The van der Waals surface area contributed by atoms with Crippen molar-refractivity contribution in [2.24, 2.45) is 4.40 Å². The Morgan fingerprint density at radius 2 is 1.74 bits per heavy atom. The maximum atomic E-state index is 12.1. The topological polar surface area (TPSA) is 59.4 Å². The number of pyridine rings is 1. The minimum Gasteiger partial charge on any atom is -0.240 e. The van der Waals surface area contributed by atoms with E-state index in [1.165, 1.54) is 6.07 Å². The Morgan fingerprint density at radius 3 is 2.37 bits per heavy atom. The molecule has 19 heavy (non-hydrogen) atoms. The molecular formula is C14H14N2O2S. The summed E-state index contributed by atoms with van der Waals surface area (Å²) in [5, 5.41) is -0.0252. The number of aryl methyl sites for hydroxylation is 1. The van der Waals surface area contributed by atoms with E-state index in [1.54, 1.807) is 26.0 Å². The van der Waals surface area contributed by atoms with Crippen LogP contribution in [-0.2, 0) is 10.0 Å². The fourth-order valence-corrected chi connectivity index (χ4v) is 2.69. The summed E-state index contributed by atoms with van der Waals surface area (Å²) >= 11 is 0. The summed E-state index contributed by atoms with van der Waals surface area (Å²) in [7, 11) is -3.75. The molecule has 0 aliphatic carbocycles. The second-order valence-electron chi connectivity index (χ2n) is 4.13. The van der Waals surface area contributed by atoms with Crippen molar-refractivity contribution in [1.82, 2.24) is 4.98 Å². The van der Waals surface area contributed by atoms with Crippen LogP contribution in [0.25, 0.3) is 0 Å². The Balaban J connectivity index is 2.42. The molecule has 0 aliphatic rings. The van der Waals surface area contributed by atoms with Gasteiger partial charge in [0.1, 0.15) is 0 Å². The van der Waals surface area contributed by atoms with Crippen molar-refractivity contribution in [1.29, 1.82) is 0 Å². The number of hydrogen-bond acceptors (Lipinski definition) is 3. The minimum absolute atomic E-state index is 0.0252. The van der Waals surface area contributed by atoms with E-state index in [-0.39, 0.29) is 5.03 Å². The highest BCUT2D eigenvalue weighted by Gasteiger charge is 2.15. The Bertz CT molecular complexity index is 707. The van der Waals surface area contributed by atoms with Gasteiger partial charge in [-0.05, 0) is 31.5 Å². The van der Waals surface area contributed by atoms with Crippen molar-refractivity contribution in [3.8, 4) is 0 Å². The van der Waals surface area contributed by atoms with Gasteiger partial charge in [-0.15, -0.1) is 0 Å². The van der Waals surface area contributed by atoms with Gasteiger partial charge in [0.15, 0.2) is 5.03 Å². The smallest absolute Gasteiger partial charge is 0.240 e. The van der Waals surface area contributed by atoms with Crippen LogP contribution in [0, 0.1) is 6.92 Å². The number of aromatic nitrogens is 1. The van der Waals surface area contributed by atoms with Crippen molar-refractivity contribution in [2.45, 2.75) is 18.9 Å². The first-order valence-corrected chi connectivity index (χ1v) is 7.24. The fourth-order valence-electron chi connectivity index (χ4n) is 1.62. The van der Waals surface area contributed by atoms with Gasteiger partial charge in [-0.3, -0.25) is 0 Å². The Kier molecular flexibility index (Phi) is 3.76. The SMILES string of the molecule is C/C(=N\S(=O)(=O)c1cccc(C)n1)c1ccccc1. The molecule has 0 aliphatic heterocycles. The molecule has 0 fully saturated rings. The normalized spacial score (nSPS) is 12.4. The lowest BCUT2D eigenvalue weighted by atomic mass is 10.1. The molecular weight excluding hydrogens is 260 g/mol. The zero-order chi connectivity index (χ0) is 13.9. The summed E-state index contributed by atoms with van der Waals surface area (Å²) in [6.07, 6.45) is 0. The number of hydrogen-bond donors (Lipinski definition) is 0. The number of sulfonamides is 1. The third kappa shape index (κ3) is 3.26. The van der Waals surface area contributed by atoms with Gasteiger partial charge in [0.05, 0.1) is 5.71 Å². The molecule has 2 aromatic rings. The van der Waals surface area contributed by atoms with Gasteiger partial charge in [-0.1, -0.05) is 36.4 Å². The first kappa shape index (κ1) is 13.4. The summed E-state index contributed by atoms with van der Waals surface area (Å²) in [5.41, 5.74) is 1.87. The second-order valence-corrected chi connectivity index (χ2v) is 5.69. The second kappa shape index (κ2) is 5.32. The lowest BCUT2D eigenvalue weighted by molar-refractivity contribution is 0.594. The van der Waals surface area contributed by atoms with Crippen LogP contribution in [0.5, 0.6) is 0 Å². The molecule has 0 saturated heterocycles. The Labute approximate surface area is 112 Å². The van der Waals surface area contributed by atoms with Gasteiger partial charge in [0, 0.05) is 5.69 Å². The van der Waals surface area contributed by atoms with Crippen LogP contribution in [0.3, 0.4) is 0 Å². The van der Waals surface area contributed by atoms with Crippen molar-refractivity contribution in [3.05, 3.63) is 59.8 Å². The molecule has 0 N–H and O–H groups in total. The predicted octanol–water partition coefficient (Wildman–Crippen LogP) is 2.59. The third-order valence-electron chi connectivity index (χ3n) is 2.58. The van der Waals surface area contributed by atoms with Gasteiger partial charge in [0.2, 0.25) is 0 Å². The zero-order valence-electron chi connectivity index (χ0n) is 10.7. The predicted molar refractivity (Wildman–Crippen MR) is 74.8 cm³/mol. The highest BCUT2D eigenvalue weighted by molar-refractivity contribution is 7.90. The van der Waals surface area contributed by atoms with Gasteiger partial charge in [-0.25, -0.2) is 4.98 Å². The summed E-state index contributed by atoms with van der Waals surface area (Å²) in [6, 6.07) is 14.0. The van der Waals surface area contributed by atoms with E-state index in [1.807, 2.05) is 30.3 Å². The van der Waals surface area contributed by atoms with Gasteiger partial charge in [0.25, 0.3) is 10.0 Å². The molecule has 4 nitrogen and oxygen atoms in total. The van der Waals surface area contributed by atoms with Gasteiger partial charge in [-0.2, -0.15) is 12.8 Å². The van der Waals surface area contributed by atoms with Crippen LogP contribution in [0.2, 0.25) is 0 Å². The standard InChI is InChI=1S/C14H14N2O2S/c1-11-7-6-10-14(15-11)19(17,18)16-12(2)13-8-4-3-5-9-13/h3-10H,1-2H3/b16-12+. The lowest BCUT2D eigenvalue weighted by Gasteiger charge is -2.02. The van der Waals surface area contributed by atoms with Crippen molar-refractivity contribution in [3.63, 3.8) is 0 Å². The largest absolute Gasteiger partial charge is 0.300 e. The van der Waals surface area contributed by atoms with E-state index >= 15 is 0 Å². The van der Waals surface area contributed by atoms with Crippen LogP contribution in [0.15, 0.2) is 58.0 Å². The highest BCUT2D eigenvalue weighted by Crippen LogP contribution is 2.12. The number of benzene rings is 1. The van der Waals surface area contributed by atoms with Crippen molar-refractivity contribution >= 4 is 15.7 Å². The van der Waals surface area contributed by atoms with Crippen LogP contribution in [0.4, 0.5) is 0 Å². The van der Waals surface area contributed by atoms with Crippen LogP contribution in [-0.4, -0.2) is 19.1 Å². The number of rotatable bonds is 3. The summed E-state index contributed by atoms with van der Waals surface area (Å²) < 4.78 is 28.1. The molecule has 1 heterocycles. The fraction of sp³-hybridized carbons (Fsp3) is 0.143. The average molecular weight is 274 g/mol. The highest BCUT2D eigenvalue weighted by atomic mass is 32.2. The van der Waals surface area contributed by atoms with Gasteiger partial charge >= 0.3 is 0 Å². The molecule has 0 unspecified atom stereocenters. The molecule has 1 aromatic carbocycles. The lowest BCUT2D eigenvalue weighted by Crippen LogP contribution is -2.05. The maximum absolute atomic E-state index is 12.1. The molecule has 0 amide bonds. The summed E-state index contributed by atoms with van der Waals surface area (Å²) in [4.78, 5) is 4.00. The average Bonchev–Trinajstić information content (AvgIpc) is 2.39. The molecule has 1 aromatic heterocycles. The summed E-state index contributed by atoms with van der Waals surface area (Å²) in [6.45, 7) is 3.41. The van der Waals surface area contributed by atoms with Crippen LogP contribution in [0.1, 0.15) is 18.2 Å². The third-order valence-corrected chi connectivity index (χ3v) is 3.85. The van der Waals surface area contributed by atoms with E-state index in [9.17, 15) is 8.42 Å². The van der Waals surface area contributed by atoms with Crippen molar-refractivity contribution < 1.29 is 8.42 Å². The molecule has 0 spiro atoms.